The van der Waals surface area contributed by atoms with Crippen LogP contribution in [0.4, 0.5) is 0 Å². The van der Waals surface area contributed by atoms with E-state index in [1.54, 1.807) is 0 Å². The first-order valence-corrected chi connectivity index (χ1v) is 11.3. The van der Waals surface area contributed by atoms with Gasteiger partial charge in [0.2, 0.25) is 0 Å². The molecule has 3 aromatic rings. The van der Waals surface area contributed by atoms with Gasteiger partial charge in [0.1, 0.15) is 0 Å². The second kappa shape index (κ2) is 9.07. The molecule has 1 N–H and O–H groups in total. The number of halogens is 1. The van der Waals surface area contributed by atoms with Crippen LogP contribution in [0.5, 0.6) is 0 Å². The van der Waals surface area contributed by atoms with Crippen LogP contribution in [-0.4, -0.2) is 39.2 Å². The molecule has 31 heavy (non-hydrogen) atoms. The molecule has 1 aliphatic heterocycles. The fourth-order valence-corrected chi connectivity index (χ4v) is 4.30. The van der Waals surface area contributed by atoms with Crippen LogP contribution in [0.1, 0.15) is 44.9 Å². The van der Waals surface area contributed by atoms with E-state index in [9.17, 15) is 5.11 Å². The second-order valence-electron chi connectivity index (χ2n) is 9.46. The zero-order valence-electron chi connectivity index (χ0n) is 18.5. The number of likely N-dealkylation sites (tertiary alicyclic amines) is 1. The highest BCUT2D eigenvalue weighted by atomic mass is 35.5. The smallest absolute Gasteiger partial charge is 0.0564 e. The molecule has 1 saturated heterocycles. The van der Waals surface area contributed by atoms with Crippen molar-refractivity contribution in [2.75, 3.05) is 13.1 Å². The normalized spacial score (nSPS) is 15.9. The van der Waals surface area contributed by atoms with Crippen molar-refractivity contribution in [3.63, 3.8) is 0 Å². The van der Waals surface area contributed by atoms with Gasteiger partial charge >= 0.3 is 0 Å². The van der Waals surface area contributed by atoms with Crippen molar-refractivity contribution in [1.82, 2.24) is 14.9 Å². The molecule has 1 fully saturated rings. The third kappa shape index (κ3) is 5.32. The van der Waals surface area contributed by atoms with Crippen LogP contribution in [0.2, 0.25) is 5.02 Å². The van der Waals surface area contributed by atoms with Gasteiger partial charge in [-0.2, -0.15) is 0 Å². The van der Waals surface area contributed by atoms with Crippen molar-refractivity contribution in [1.29, 1.82) is 0 Å². The monoisotopic (exact) mass is 435 g/mol. The summed E-state index contributed by atoms with van der Waals surface area (Å²) in [6, 6.07) is 12.6. The third-order valence-electron chi connectivity index (χ3n) is 5.91. The van der Waals surface area contributed by atoms with E-state index in [0.29, 0.717) is 0 Å². The van der Waals surface area contributed by atoms with Crippen molar-refractivity contribution >= 4 is 11.6 Å². The van der Waals surface area contributed by atoms with Gasteiger partial charge in [-0.3, -0.25) is 14.9 Å². The quantitative estimate of drug-likeness (QED) is 0.569. The number of aliphatic hydroxyl groups is 1. The predicted molar refractivity (Wildman–Crippen MR) is 127 cm³/mol. The van der Waals surface area contributed by atoms with Crippen LogP contribution in [-0.2, 0) is 12.0 Å². The molecule has 0 saturated carbocycles. The molecule has 4 rings (SSSR count). The van der Waals surface area contributed by atoms with E-state index in [-0.39, 0.29) is 11.5 Å². The maximum Gasteiger partial charge on any atom is 0.0564 e. The highest BCUT2D eigenvalue weighted by molar-refractivity contribution is 6.33. The van der Waals surface area contributed by atoms with E-state index in [1.807, 2.05) is 24.7 Å². The van der Waals surface area contributed by atoms with Crippen molar-refractivity contribution in [3.8, 4) is 22.3 Å². The molecule has 3 heterocycles. The molecule has 0 amide bonds. The average Bonchev–Trinajstić information content (AvgIpc) is 2.75. The first kappa shape index (κ1) is 21.9. The number of aliphatic hydroxyl groups excluding tert-OH is 1. The predicted octanol–water partition coefficient (Wildman–Crippen LogP) is 5.72. The molecule has 0 atom stereocenters. The largest absolute Gasteiger partial charge is 0.393 e. The van der Waals surface area contributed by atoms with Crippen LogP contribution >= 0.6 is 11.6 Å². The molecule has 0 spiro atoms. The molecule has 0 radical (unpaired) electrons. The molecule has 0 unspecified atom stereocenters. The molecule has 1 aromatic carbocycles. The van der Waals surface area contributed by atoms with Crippen LogP contribution in [0, 0.1) is 0 Å². The van der Waals surface area contributed by atoms with Gasteiger partial charge in [-0.1, -0.05) is 44.5 Å². The summed E-state index contributed by atoms with van der Waals surface area (Å²) in [4.78, 5) is 11.4. The van der Waals surface area contributed by atoms with Gasteiger partial charge < -0.3 is 5.11 Å². The molecule has 0 bridgehead atoms. The zero-order chi connectivity index (χ0) is 22.0. The number of pyridine rings is 2. The Morgan fingerprint density at radius 2 is 1.74 bits per heavy atom. The Morgan fingerprint density at radius 1 is 1.00 bits per heavy atom. The van der Waals surface area contributed by atoms with E-state index in [0.717, 1.165) is 65.4 Å². The van der Waals surface area contributed by atoms with Crippen LogP contribution < -0.4 is 0 Å². The summed E-state index contributed by atoms with van der Waals surface area (Å²) in [5.74, 6) is 0. The number of piperidine rings is 1. The lowest BCUT2D eigenvalue weighted by molar-refractivity contribution is 0.0792. The Hall–Kier alpha value is -2.27. The maximum atomic E-state index is 9.70. The van der Waals surface area contributed by atoms with Gasteiger partial charge in [-0.15, -0.1) is 0 Å². The number of hydrogen-bond donors (Lipinski definition) is 1. The Labute approximate surface area is 189 Å². The number of rotatable bonds is 4. The Bertz CT molecular complexity index is 1050. The highest BCUT2D eigenvalue weighted by Crippen LogP contribution is 2.32. The topological polar surface area (TPSA) is 49.2 Å². The van der Waals surface area contributed by atoms with E-state index >= 15 is 0 Å². The highest BCUT2D eigenvalue weighted by Gasteiger charge is 2.18. The van der Waals surface area contributed by atoms with Gasteiger partial charge in [0, 0.05) is 71.0 Å². The second-order valence-corrected chi connectivity index (χ2v) is 9.87. The summed E-state index contributed by atoms with van der Waals surface area (Å²) in [6.45, 7) is 9.21. The molecule has 5 heteroatoms. The lowest BCUT2D eigenvalue weighted by Gasteiger charge is -2.29. The number of benzene rings is 1. The minimum atomic E-state index is -0.151. The third-order valence-corrected chi connectivity index (χ3v) is 6.22. The molecular formula is C26H30ClN3O. The summed E-state index contributed by atoms with van der Waals surface area (Å²) in [6.07, 6.45) is 7.15. The van der Waals surface area contributed by atoms with E-state index in [4.69, 9.17) is 11.6 Å². The molecule has 4 nitrogen and oxygen atoms in total. The Balaban J connectivity index is 1.57. The van der Waals surface area contributed by atoms with Crippen molar-refractivity contribution < 1.29 is 5.11 Å². The van der Waals surface area contributed by atoms with Crippen LogP contribution in [0.3, 0.4) is 0 Å². The maximum absolute atomic E-state index is 9.70. The lowest BCUT2D eigenvalue weighted by atomic mass is 9.90. The first-order chi connectivity index (χ1) is 14.8. The minimum absolute atomic E-state index is 0.00731. The molecule has 2 aromatic heterocycles. The van der Waals surface area contributed by atoms with Gasteiger partial charge in [-0.25, -0.2) is 0 Å². The zero-order valence-corrected chi connectivity index (χ0v) is 19.2. The minimum Gasteiger partial charge on any atom is -0.393 e. The number of hydrogen-bond acceptors (Lipinski definition) is 4. The average molecular weight is 436 g/mol. The van der Waals surface area contributed by atoms with E-state index in [2.05, 4.69) is 66.0 Å². The Morgan fingerprint density at radius 3 is 2.45 bits per heavy atom. The molecule has 0 aliphatic carbocycles. The summed E-state index contributed by atoms with van der Waals surface area (Å²) < 4.78 is 0. The van der Waals surface area contributed by atoms with E-state index in [1.165, 1.54) is 5.56 Å². The van der Waals surface area contributed by atoms with Crippen LogP contribution in [0.15, 0.2) is 55.0 Å². The molecule has 162 valence electrons. The van der Waals surface area contributed by atoms with Crippen molar-refractivity contribution in [2.45, 2.75) is 51.7 Å². The van der Waals surface area contributed by atoms with Crippen molar-refractivity contribution in [2.24, 2.45) is 0 Å². The SMILES string of the molecule is CC(C)(C)c1cc(-c2cncc(-c3ccc(CN4CCC(O)CC4)cc3Cl)c2)ccn1. The van der Waals surface area contributed by atoms with Crippen LogP contribution in [0.25, 0.3) is 22.3 Å². The standard InChI is InChI=1S/C26H30ClN3O/c1-26(2,3)25-14-19(6-9-29-25)20-13-21(16-28-15-20)23-5-4-18(12-24(23)27)17-30-10-7-22(31)8-11-30/h4-6,9,12-16,22,31H,7-8,10-11,17H2,1-3H3. The van der Waals surface area contributed by atoms with Gasteiger partial charge in [-0.05, 0) is 48.2 Å². The number of nitrogens with zero attached hydrogens (tertiary/aromatic N) is 3. The fraction of sp³-hybridized carbons (Fsp3) is 0.385. The van der Waals surface area contributed by atoms with Gasteiger partial charge in [0.05, 0.1) is 6.10 Å². The summed E-state index contributed by atoms with van der Waals surface area (Å²) in [7, 11) is 0. The fourth-order valence-electron chi connectivity index (χ4n) is 3.99. The van der Waals surface area contributed by atoms with E-state index < -0.39 is 0 Å². The van der Waals surface area contributed by atoms with Gasteiger partial charge in [0.15, 0.2) is 0 Å². The van der Waals surface area contributed by atoms with Crippen molar-refractivity contribution in [3.05, 3.63) is 71.3 Å². The lowest BCUT2D eigenvalue weighted by Crippen LogP contribution is -2.35. The summed E-state index contributed by atoms with van der Waals surface area (Å²) >= 11 is 6.69. The first-order valence-electron chi connectivity index (χ1n) is 10.9. The number of aromatic nitrogens is 2. The Kier molecular flexibility index (Phi) is 6.42. The summed E-state index contributed by atoms with van der Waals surface area (Å²) in [5, 5.41) is 10.4. The molecular weight excluding hydrogens is 406 g/mol. The van der Waals surface area contributed by atoms with Gasteiger partial charge in [0.25, 0.3) is 0 Å². The summed E-state index contributed by atoms with van der Waals surface area (Å²) in [5.41, 5.74) is 6.39. The molecule has 1 aliphatic rings.